The normalized spacial score (nSPS) is 14.0. The number of carboxylic acid groups (broad SMARTS) is 1. The first kappa shape index (κ1) is 20.5. The Balaban J connectivity index is 1.75. The van der Waals surface area contributed by atoms with Gasteiger partial charge in [-0.25, -0.2) is 9.78 Å². The number of benzene rings is 1. The number of aromatic nitrogens is 2. The summed E-state index contributed by atoms with van der Waals surface area (Å²) >= 11 is 0. The highest BCUT2D eigenvalue weighted by Crippen LogP contribution is 2.31. The molecule has 9 nitrogen and oxygen atoms in total. The summed E-state index contributed by atoms with van der Waals surface area (Å²) in [5.41, 5.74) is 1.71. The molecule has 0 bridgehead atoms. The highest BCUT2D eigenvalue weighted by atomic mass is 16.4. The van der Waals surface area contributed by atoms with Crippen LogP contribution in [0.5, 0.6) is 0 Å². The SMILES string of the molecule is CNc1cc2c(=O)c(C(=O)O)cn(N(C)C)c2cc1N1CCN(c2ccccn2)CC1. The van der Waals surface area contributed by atoms with Crippen LogP contribution in [-0.2, 0) is 0 Å². The molecule has 0 radical (unpaired) electrons. The van der Waals surface area contributed by atoms with E-state index in [9.17, 15) is 14.7 Å². The number of carboxylic acids is 1. The zero-order chi connectivity index (χ0) is 22.1. The van der Waals surface area contributed by atoms with E-state index < -0.39 is 11.4 Å². The van der Waals surface area contributed by atoms with Crippen molar-refractivity contribution in [3.63, 3.8) is 0 Å². The first-order valence-electron chi connectivity index (χ1n) is 10.1. The smallest absolute Gasteiger partial charge is 0.341 e. The number of carbonyl (C=O) groups is 1. The van der Waals surface area contributed by atoms with Gasteiger partial charge in [0.25, 0.3) is 0 Å². The van der Waals surface area contributed by atoms with Gasteiger partial charge in [-0.3, -0.25) is 9.47 Å². The second kappa shape index (κ2) is 8.17. The molecule has 1 saturated heterocycles. The predicted molar refractivity (Wildman–Crippen MR) is 123 cm³/mol. The number of nitrogens with one attached hydrogen (secondary N) is 1. The number of hydrogen-bond acceptors (Lipinski definition) is 7. The number of piperazine rings is 1. The third-order valence-corrected chi connectivity index (χ3v) is 5.63. The van der Waals surface area contributed by atoms with Gasteiger partial charge in [0.15, 0.2) is 0 Å². The fourth-order valence-electron chi connectivity index (χ4n) is 4.01. The number of fused-ring (bicyclic) bond motifs is 1. The van der Waals surface area contributed by atoms with E-state index in [1.807, 2.05) is 38.4 Å². The van der Waals surface area contributed by atoms with Crippen LogP contribution in [0.1, 0.15) is 10.4 Å². The van der Waals surface area contributed by atoms with Gasteiger partial charge < -0.3 is 25.2 Å². The molecule has 1 aliphatic rings. The zero-order valence-electron chi connectivity index (χ0n) is 17.9. The summed E-state index contributed by atoms with van der Waals surface area (Å²) in [6.45, 7) is 3.26. The Labute approximate surface area is 180 Å². The summed E-state index contributed by atoms with van der Waals surface area (Å²) in [6.07, 6.45) is 3.19. The van der Waals surface area contributed by atoms with Gasteiger partial charge in [-0.1, -0.05) is 6.07 Å². The Bertz CT molecular complexity index is 1170. The molecular weight excluding hydrogens is 396 g/mol. The largest absolute Gasteiger partial charge is 0.477 e. The lowest BCUT2D eigenvalue weighted by atomic mass is 10.1. The van der Waals surface area contributed by atoms with Crippen molar-refractivity contribution in [1.29, 1.82) is 0 Å². The molecule has 0 atom stereocenters. The van der Waals surface area contributed by atoms with Gasteiger partial charge in [-0.2, -0.15) is 0 Å². The Morgan fingerprint density at radius 1 is 1.13 bits per heavy atom. The molecule has 2 N–H and O–H groups in total. The summed E-state index contributed by atoms with van der Waals surface area (Å²) < 4.78 is 1.70. The van der Waals surface area contributed by atoms with E-state index in [0.29, 0.717) is 10.9 Å². The molecule has 1 aliphatic heterocycles. The Morgan fingerprint density at radius 2 is 1.84 bits per heavy atom. The molecule has 0 spiro atoms. The van der Waals surface area contributed by atoms with Crippen molar-refractivity contribution < 1.29 is 9.90 Å². The average molecular weight is 422 g/mol. The monoisotopic (exact) mass is 422 g/mol. The van der Waals surface area contributed by atoms with E-state index in [0.717, 1.165) is 43.4 Å². The fourth-order valence-corrected chi connectivity index (χ4v) is 4.01. The topological polar surface area (TPSA) is 93.9 Å². The van der Waals surface area contributed by atoms with Gasteiger partial charge in [0.1, 0.15) is 11.4 Å². The molecule has 1 aromatic carbocycles. The highest BCUT2D eigenvalue weighted by molar-refractivity contribution is 5.96. The molecule has 162 valence electrons. The maximum Gasteiger partial charge on any atom is 0.341 e. The van der Waals surface area contributed by atoms with Crippen LogP contribution in [0, 0.1) is 0 Å². The summed E-state index contributed by atoms with van der Waals surface area (Å²) in [5.74, 6) is -0.264. The second-order valence-corrected chi connectivity index (χ2v) is 7.67. The maximum atomic E-state index is 12.8. The minimum Gasteiger partial charge on any atom is -0.477 e. The third kappa shape index (κ3) is 3.74. The van der Waals surface area contributed by atoms with Crippen LogP contribution < -0.4 is 25.6 Å². The van der Waals surface area contributed by atoms with E-state index >= 15 is 0 Å². The molecule has 2 aromatic heterocycles. The first-order valence-corrected chi connectivity index (χ1v) is 10.1. The molecule has 0 saturated carbocycles. The molecule has 31 heavy (non-hydrogen) atoms. The van der Waals surface area contributed by atoms with Crippen molar-refractivity contribution in [3.8, 4) is 0 Å². The zero-order valence-corrected chi connectivity index (χ0v) is 17.9. The van der Waals surface area contributed by atoms with Crippen LogP contribution in [0.4, 0.5) is 17.2 Å². The van der Waals surface area contributed by atoms with Crippen LogP contribution in [0.15, 0.2) is 47.5 Å². The lowest BCUT2D eigenvalue weighted by Crippen LogP contribution is -2.47. The molecule has 0 amide bonds. The molecule has 0 aliphatic carbocycles. The Kier molecular flexibility index (Phi) is 5.41. The molecular formula is C22H26N6O3. The van der Waals surface area contributed by atoms with Gasteiger partial charge in [0, 0.05) is 59.7 Å². The van der Waals surface area contributed by atoms with Crippen molar-refractivity contribution in [2.45, 2.75) is 0 Å². The minimum atomic E-state index is -1.23. The van der Waals surface area contributed by atoms with Crippen molar-refractivity contribution in [3.05, 3.63) is 58.5 Å². The van der Waals surface area contributed by atoms with E-state index in [4.69, 9.17) is 0 Å². The van der Waals surface area contributed by atoms with Gasteiger partial charge >= 0.3 is 5.97 Å². The lowest BCUT2D eigenvalue weighted by Gasteiger charge is -2.37. The highest BCUT2D eigenvalue weighted by Gasteiger charge is 2.23. The number of rotatable bonds is 5. The van der Waals surface area contributed by atoms with Crippen molar-refractivity contribution in [2.75, 3.05) is 67.4 Å². The predicted octanol–water partition coefficient (Wildman–Crippen LogP) is 1.66. The maximum absolute atomic E-state index is 12.8. The van der Waals surface area contributed by atoms with Gasteiger partial charge in [-0.15, -0.1) is 0 Å². The van der Waals surface area contributed by atoms with Crippen molar-refractivity contribution >= 4 is 34.1 Å². The molecule has 1 fully saturated rings. The number of aromatic carboxylic acids is 1. The van der Waals surface area contributed by atoms with Crippen molar-refractivity contribution in [2.24, 2.45) is 0 Å². The first-order chi connectivity index (χ1) is 14.9. The van der Waals surface area contributed by atoms with Gasteiger partial charge in [0.2, 0.25) is 5.43 Å². The van der Waals surface area contributed by atoms with E-state index in [2.05, 4.69) is 20.1 Å². The van der Waals surface area contributed by atoms with E-state index in [1.165, 1.54) is 6.20 Å². The average Bonchev–Trinajstić information content (AvgIpc) is 2.79. The summed E-state index contributed by atoms with van der Waals surface area (Å²) in [5, 5.41) is 14.8. The Morgan fingerprint density at radius 3 is 2.42 bits per heavy atom. The standard InChI is InChI=1S/C22H26N6O3/c1-23-17-12-15-18(28(25(2)3)14-16(21(15)29)22(30)31)13-19(17)26-8-10-27(11-9-26)20-6-4-5-7-24-20/h4-7,12-14,23H,8-11H2,1-3H3,(H,30,31). The van der Waals surface area contributed by atoms with Crippen LogP contribution in [0.3, 0.4) is 0 Å². The molecule has 0 unspecified atom stereocenters. The molecule has 3 heterocycles. The summed E-state index contributed by atoms with van der Waals surface area (Å²) in [6, 6.07) is 9.63. The minimum absolute atomic E-state index is 0.250. The second-order valence-electron chi connectivity index (χ2n) is 7.67. The van der Waals surface area contributed by atoms with Crippen molar-refractivity contribution in [1.82, 2.24) is 9.66 Å². The molecule has 3 aromatic rings. The summed E-state index contributed by atoms with van der Waals surface area (Å²) in [4.78, 5) is 33.4. The van der Waals surface area contributed by atoms with Gasteiger partial charge in [-0.05, 0) is 24.3 Å². The van der Waals surface area contributed by atoms with Gasteiger partial charge in [0.05, 0.1) is 22.3 Å². The number of pyridine rings is 2. The number of nitrogens with zero attached hydrogens (tertiary/aromatic N) is 5. The fraction of sp³-hybridized carbons (Fsp3) is 0.318. The van der Waals surface area contributed by atoms with Crippen LogP contribution in [0.2, 0.25) is 0 Å². The van der Waals surface area contributed by atoms with Crippen LogP contribution in [0.25, 0.3) is 10.9 Å². The number of hydrogen-bond donors (Lipinski definition) is 2. The lowest BCUT2D eigenvalue weighted by molar-refractivity contribution is 0.0695. The van der Waals surface area contributed by atoms with Crippen LogP contribution >= 0.6 is 0 Å². The Hall–Kier alpha value is -3.75. The third-order valence-electron chi connectivity index (χ3n) is 5.63. The quantitative estimate of drug-likeness (QED) is 0.641. The molecule has 9 heteroatoms. The van der Waals surface area contributed by atoms with E-state index in [1.54, 1.807) is 29.0 Å². The van der Waals surface area contributed by atoms with E-state index in [-0.39, 0.29) is 5.56 Å². The summed E-state index contributed by atoms with van der Waals surface area (Å²) in [7, 11) is 5.43. The number of anilines is 3. The molecule has 4 rings (SSSR count). The van der Waals surface area contributed by atoms with Crippen LogP contribution in [-0.4, -0.2) is 68.1 Å².